The molecule has 2 aromatic heterocycles. The van der Waals surface area contributed by atoms with E-state index in [0.29, 0.717) is 17.2 Å². The number of nitrogens with one attached hydrogen (secondary N) is 2. The average molecular weight is 338 g/mol. The Kier molecular flexibility index (Phi) is 4.70. The van der Waals surface area contributed by atoms with Crippen LogP contribution in [0.2, 0.25) is 0 Å². The Morgan fingerprint density at radius 2 is 1.72 bits per heavy atom. The number of hydrogen-bond donors (Lipinski definition) is 2. The summed E-state index contributed by atoms with van der Waals surface area (Å²) >= 11 is 0. The van der Waals surface area contributed by atoms with E-state index in [1.54, 1.807) is 48.8 Å². The molecular formula is C17H14N4O4. The van der Waals surface area contributed by atoms with Crippen LogP contribution in [-0.4, -0.2) is 20.4 Å². The second kappa shape index (κ2) is 7.26. The summed E-state index contributed by atoms with van der Waals surface area (Å²) in [4.78, 5) is 40.5. The van der Waals surface area contributed by atoms with Crippen molar-refractivity contribution in [3.8, 4) is 11.5 Å². The number of pyridine rings is 1. The number of anilines is 1. The second-order valence-corrected chi connectivity index (χ2v) is 5.10. The number of ether oxygens (including phenoxy) is 1. The molecular weight excluding hydrogens is 324 g/mol. The highest BCUT2D eigenvalue weighted by molar-refractivity contribution is 5.90. The predicted molar refractivity (Wildman–Crippen MR) is 90.7 cm³/mol. The Morgan fingerprint density at radius 1 is 1.04 bits per heavy atom. The number of aromatic nitrogens is 3. The molecule has 8 heteroatoms. The average Bonchev–Trinajstić information content (AvgIpc) is 2.60. The van der Waals surface area contributed by atoms with E-state index in [4.69, 9.17) is 4.74 Å². The van der Waals surface area contributed by atoms with Gasteiger partial charge in [-0.2, -0.15) is 0 Å². The first-order chi connectivity index (χ1) is 12.1. The van der Waals surface area contributed by atoms with Crippen molar-refractivity contribution in [2.24, 2.45) is 0 Å². The molecule has 0 atom stereocenters. The van der Waals surface area contributed by atoms with Gasteiger partial charge in [0.1, 0.15) is 18.0 Å². The zero-order valence-corrected chi connectivity index (χ0v) is 13.0. The molecule has 3 aromatic rings. The van der Waals surface area contributed by atoms with Crippen molar-refractivity contribution in [2.45, 2.75) is 6.54 Å². The number of nitrogens with zero attached hydrogens (tertiary/aromatic N) is 2. The van der Waals surface area contributed by atoms with Crippen LogP contribution in [0.15, 0.2) is 70.6 Å². The van der Waals surface area contributed by atoms with Crippen molar-refractivity contribution in [1.82, 2.24) is 14.5 Å². The molecule has 0 saturated heterocycles. The van der Waals surface area contributed by atoms with Gasteiger partial charge in [0, 0.05) is 30.3 Å². The summed E-state index contributed by atoms with van der Waals surface area (Å²) in [6.07, 6.45) is 4.53. The molecule has 0 bridgehead atoms. The summed E-state index contributed by atoms with van der Waals surface area (Å²) in [6, 6.07) is 11.4. The lowest BCUT2D eigenvalue weighted by atomic mass is 10.3. The first-order valence-electron chi connectivity index (χ1n) is 7.38. The fourth-order valence-electron chi connectivity index (χ4n) is 2.07. The molecule has 0 aliphatic rings. The number of aromatic amines is 1. The third-order valence-corrected chi connectivity index (χ3v) is 3.23. The zero-order chi connectivity index (χ0) is 17.6. The maximum Gasteiger partial charge on any atom is 0.328 e. The Morgan fingerprint density at radius 3 is 2.40 bits per heavy atom. The minimum Gasteiger partial charge on any atom is -0.457 e. The van der Waals surface area contributed by atoms with E-state index in [1.807, 2.05) is 0 Å². The number of hydrogen-bond acceptors (Lipinski definition) is 5. The summed E-state index contributed by atoms with van der Waals surface area (Å²) in [5.74, 6) is 0.877. The molecule has 0 fully saturated rings. The lowest BCUT2D eigenvalue weighted by Crippen LogP contribution is -2.32. The summed E-state index contributed by atoms with van der Waals surface area (Å²) in [5.41, 5.74) is -0.584. The maximum atomic E-state index is 12.0. The number of H-pyrrole nitrogens is 1. The molecule has 1 aromatic carbocycles. The molecule has 2 N–H and O–H groups in total. The van der Waals surface area contributed by atoms with E-state index >= 15 is 0 Å². The van der Waals surface area contributed by atoms with Crippen LogP contribution in [0.5, 0.6) is 11.5 Å². The monoisotopic (exact) mass is 338 g/mol. The number of amides is 1. The number of carbonyl (C=O) groups excluding carboxylic acids is 1. The van der Waals surface area contributed by atoms with E-state index in [2.05, 4.69) is 15.3 Å². The Hall–Kier alpha value is -3.68. The fourth-order valence-corrected chi connectivity index (χ4v) is 2.07. The molecule has 0 unspecified atom stereocenters. The molecule has 8 nitrogen and oxygen atoms in total. The lowest BCUT2D eigenvalue weighted by molar-refractivity contribution is -0.116. The predicted octanol–water partition coefficient (Wildman–Crippen LogP) is 1.36. The van der Waals surface area contributed by atoms with Crippen LogP contribution >= 0.6 is 0 Å². The molecule has 25 heavy (non-hydrogen) atoms. The molecule has 0 saturated carbocycles. The summed E-state index contributed by atoms with van der Waals surface area (Å²) in [5, 5.41) is 2.67. The molecule has 3 rings (SSSR count). The number of carbonyl (C=O) groups is 1. The van der Waals surface area contributed by atoms with Crippen LogP contribution in [0.1, 0.15) is 0 Å². The van der Waals surface area contributed by atoms with Gasteiger partial charge in [-0.15, -0.1) is 0 Å². The van der Waals surface area contributed by atoms with Gasteiger partial charge in [0.2, 0.25) is 5.91 Å². The summed E-state index contributed by atoms with van der Waals surface area (Å²) < 4.78 is 6.74. The van der Waals surface area contributed by atoms with E-state index in [0.717, 1.165) is 4.57 Å². The molecule has 126 valence electrons. The Balaban J connectivity index is 1.62. The van der Waals surface area contributed by atoms with Crippen molar-refractivity contribution in [2.75, 3.05) is 5.32 Å². The highest BCUT2D eigenvalue weighted by atomic mass is 16.5. The first-order valence-corrected chi connectivity index (χ1v) is 7.38. The molecule has 0 aliphatic carbocycles. The van der Waals surface area contributed by atoms with E-state index < -0.39 is 17.2 Å². The normalized spacial score (nSPS) is 10.2. The minimum atomic E-state index is -0.635. The van der Waals surface area contributed by atoms with Crippen LogP contribution in [-0.2, 0) is 11.3 Å². The third-order valence-electron chi connectivity index (χ3n) is 3.23. The molecule has 2 heterocycles. The van der Waals surface area contributed by atoms with Crippen molar-refractivity contribution in [3.05, 3.63) is 81.9 Å². The highest BCUT2D eigenvalue weighted by Gasteiger charge is 2.06. The van der Waals surface area contributed by atoms with Crippen LogP contribution in [0.3, 0.4) is 0 Å². The summed E-state index contributed by atoms with van der Waals surface area (Å²) in [7, 11) is 0. The van der Waals surface area contributed by atoms with Gasteiger partial charge in [0.05, 0.1) is 0 Å². The van der Waals surface area contributed by atoms with Crippen LogP contribution in [0.25, 0.3) is 0 Å². The Labute approximate surface area is 141 Å². The first kappa shape index (κ1) is 16.2. The van der Waals surface area contributed by atoms with Gasteiger partial charge in [0.25, 0.3) is 5.56 Å². The lowest BCUT2D eigenvalue weighted by Gasteiger charge is -2.08. The standard InChI is InChI=1S/C17H14N4O4/c22-15-7-10-21(17(24)20-15)11-16(23)19-12-1-3-13(4-2-12)25-14-5-8-18-9-6-14/h1-10H,11H2,(H,19,23)(H,20,22,24). The van der Waals surface area contributed by atoms with Crippen molar-refractivity contribution in [3.63, 3.8) is 0 Å². The van der Waals surface area contributed by atoms with E-state index in [9.17, 15) is 14.4 Å². The van der Waals surface area contributed by atoms with Gasteiger partial charge < -0.3 is 10.1 Å². The van der Waals surface area contributed by atoms with Gasteiger partial charge in [-0.1, -0.05) is 0 Å². The smallest absolute Gasteiger partial charge is 0.328 e. The highest BCUT2D eigenvalue weighted by Crippen LogP contribution is 2.22. The molecule has 0 radical (unpaired) electrons. The van der Waals surface area contributed by atoms with Gasteiger partial charge >= 0.3 is 5.69 Å². The van der Waals surface area contributed by atoms with Crippen LogP contribution in [0.4, 0.5) is 5.69 Å². The number of rotatable bonds is 5. The van der Waals surface area contributed by atoms with Gasteiger partial charge in [0.15, 0.2) is 0 Å². The zero-order valence-electron chi connectivity index (χ0n) is 13.0. The molecule has 0 aliphatic heterocycles. The van der Waals surface area contributed by atoms with Gasteiger partial charge in [-0.05, 0) is 36.4 Å². The molecule has 1 amide bonds. The van der Waals surface area contributed by atoms with E-state index in [1.165, 1.54) is 12.3 Å². The van der Waals surface area contributed by atoms with Crippen molar-refractivity contribution in [1.29, 1.82) is 0 Å². The molecule has 0 spiro atoms. The maximum absolute atomic E-state index is 12.0. The van der Waals surface area contributed by atoms with E-state index in [-0.39, 0.29) is 6.54 Å². The SMILES string of the molecule is O=C(Cn1ccc(=O)[nH]c1=O)Nc1ccc(Oc2ccncc2)cc1. The van der Waals surface area contributed by atoms with Crippen LogP contribution < -0.4 is 21.3 Å². The number of benzene rings is 1. The quantitative estimate of drug-likeness (QED) is 0.731. The topological polar surface area (TPSA) is 106 Å². The summed E-state index contributed by atoms with van der Waals surface area (Å²) in [6.45, 7) is -0.203. The van der Waals surface area contributed by atoms with Gasteiger partial charge in [-0.3, -0.25) is 24.1 Å². The fraction of sp³-hybridized carbons (Fsp3) is 0.0588. The van der Waals surface area contributed by atoms with Crippen molar-refractivity contribution >= 4 is 11.6 Å². The third kappa shape index (κ3) is 4.41. The Bertz CT molecular complexity index is 978. The second-order valence-electron chi connectivity index (χ2n) is 5.10. The van der Waals surface area contributed by atoms with Gasteiger partial charge in [-0.25, -0.2) is 4.79 Å². The van der Waals surface area contributed by atoms with Crippen molar-refractivity contribution < 1.29 is 9.53 Å². The minimum absolute atomic E-state index is 0.203. The largest absolute Gasteiger partial charge is 0.457 e. The van der Waals surface area contributed by atoms with Crippen LogP contribution in [0, 0.1) is 0 Å².